The Morgan fingerprint density at radius 2 is 1.48 bits per heavy atom. The van der Waals surface area contributed by atoms with Crippen LogP contribution in [0.3, 0.4) is 0 Å². The SMILES string of the molecule is CN(Cc1ccc(-c2ccccc2C#N)cc1)c1ccccc1. The number of nitrogens with zero attached hydrogens (tertiary/aromatic N) is 2. The quantitative estimate of drug-likeness (QED) is 0.687. The summed E-state index contributed by atoms with van der Waals surface area (Å²) in [7, 11) is 2.09. The highest BCUT2D eigenvalue weighted by Gasteiger charge is 2.05. The molecule has 0 amide bonds. The summed E-state index contributed by atoms with van der Waals surface area (Å²) in [5.74, 6) is 0. The van der Waals surface area contributed by atoms with Crippen molar-refractivity contribution in [2.24, 2.45) is 0 Å². The molecule has 3 aromatic rings. The van der Waals surface area contributed by atoms with Gasteiger partial charge in [0.05, 0.1) is 11.6 Å². The molecule has 0 aliphatic carbocycles. The summed E-state index contributed by atoms with van der Waals surface area (Å²) in [4.78, 5) is 2.22. The van der Waals surface area contributed by atoms with Crippen LogP contribution in [0.5, 0.6) is 0 Å². The fourth-order valence-electron chi connectivity index (χ4n) is 2.67. The second-order valence-electron chi connectivity index (χ2n) is 5.55. The number of hydrogen-bond donors (Lipinski definition) is 0. The normalized spacial score (nSPS) is 10.1. The molecule has 0 bridgehead atoms. The van der Waals surface area contributed by atoms with E-state index in [0.29, 0.717) is 5.56 Å². The fraction of sp³-hybridized carbons (Fsp3) is 0.0952. The Hall–Kier alpha value is -3.05. The molecule has 0 fully saturated rings. The average Bonchev–Trinajstić information content (AvgIpc) is 2.63. The van der Waals surface area contributed by atoms with E-state index in [0.717, 1.165) is 17.7 Å². The molecule has 0 unspecified atom stereocenters. The van der Waals surface area contributed by atoms with Gasteiger partial charge in [-0.25, -0.2) is 0 Å². The topological polar surface area (TPSA) is 27.0 Å². The number of anilines is 1. The zero-order valence-corrected chi connectivity index (χ0v) is 13.1. The second kappa shape index (κ2) is 6.81. The molecule has 2 heteroatoms. The van der Waals surface area contributed by atoms with Crippen LogP contribution >= 0.6 is 0 Å². The maximum atomic E-state index is 9.22. The van der Waals surface area contributed by atoms with Gasteiger partial charge in [0.1, 0.15) is 0 Å². The van der Waals surface area contributed by atoms with Gasteiger partial charge in [0, 0.05) is 19.3 Å². The summed E-state index contributed by atoms with van der Waals surface area (Å²) < 4.78 is 0. The average molecular weight is 298 g/mol. The van der Waals surface area contributed by atoms with E-state index in [4.69, 9.17) is 0 Å². The molecule has 0 aromatic heterocycles. The van der Waals surface area contributed by atoms with Crippen molar-refractivity contribution in [3.63, 3.8) is 0 Å². The third kappa shape index (κ3) is 3.41. The van der Waals surface area contributed by atoms with Crippen molar-refractivity contribution >= 4 is 5.69 Å². The number of rotatable bonds is 4. The van der Waals surface area contributed by atoms with Crippen LogP contribution in [0.2, 0.25) is 0 Å². The molecule has 112 valence electrons. The monoisotopic (exact) mass is 298 g/mol. The molecular weight excluding hydrogens is 280 g/mol. The Bertz CT molecular complexity index is 814. The second-order valence-corrected chi connectivity index (χ2v) is 5.55. The van der Waals surface area contributed by atoms with Gasteiger partial charge in [-0.3, -0.25) is 0 Å². The van der Waals surface area contributed by atoms with Crippen LogP contribution in [0.4, 0.5) is 5.69 Å². The maximum absolute atomic E-state index is 9.22. The summed E-state index contributed by atoms with van der Waals surface area (Å²) in [5.41, 5.74) is 5.22. The molecule has 2 nitrogen and oxygen atoms in total. The van der Waals surface area contributed by atoms with Crippen LogP contribution in [0.25, 0.3) is 11.1 Å². The lowest BCUT2D eigenvalue weighted by atomic mass is 9.99. The van der Waals surface area contributed by atoms with E-state index in [-0.39, 0.29) is 0 Å². The molecular formula is C21H18N2. The molecule has 23 heavy (non-hydrogen) atoms. The first-order chi connectivity index (χ1) is 11.3. The van der Waals surface area contributed by atoms with E-state index in [1.54, 1.807) is 0 Å². The predicted octanol–water partition coefficient (Wildman–Crippen LogP) is 4.86. The van der Waals surface area contributed by atoms with Crippen LogP contribution in [-0.4, -0.2) is 7.05 Å². The summed E-state index contributed by atoms with van der Waals surface area (Å²) >= 11 is 0. The van der Waals surface area contributed by atoms with Crippen molar-refractivity contribution in [2.45, 2.75) is 6.54 Å². The van der Waals surface area contributed by atoms with Crippen LogP contribution in [-0.2, 0) is 6.54 Å². The fourth-order valence-corrected chi connectivity index (χ4v) is 2.67. The predicted molar refractivity (Wildman–Crippen MR) is 95.1 cm³/mol. The number of hydrogen-bond acceptors (Lipinski definition) is 2. The molecule has 0 aliphatic rings. The molecule has 0 aliphatic heterocycles. The molecule has 0 saturated heterocycles. The van der Waals surface area contributed by atoms with Gasteiger partial charge in [0.15, 0.2) is 0 Å². The molecule has 3 rings (SSSR count). The van der Waals surface area contributed by atoms with E-state index in [2.05, 4.69) is 54.4 Å². The highest BCUT2D eigenvalue weighted by molar-refractivity contribution is 5.70. The van der Waals surface area contributed by atoms with Gasteiger partial charge < -0.3 is 4.90 Å². The minimum Gasteiger partial charge on any atom is -0.370 e. The molecule has 0 radical (unpaired) electrons. The third-order valence-electron chi connectivity index (χ3n) is 3.93. The Kier molecular flexibility index (Phi) is 4.40. The van der Waals surface area contributed by atoms with E-state index in [1.165, 1.54) is 11.3 Å². The molecule has 0 atom stereocenters. The lowest BCUT2D eigenvalue weighted by Gasteiger charge is -2.19. The van der Waals surface area contributed by atoms with Crippen molar-refractivity contribution in [1.82, 2.24) is 0 Å². The summed E-state index contributed by atoms with van der Waals surface area (Å²) in [6, 6.07) is 28.7. The van der Waals surface area contributed by atoms with Gasteiger partial charge in [0.25, 0.3) is 0 Å². The third-order valence-corrected chi connectivity index (χ3v) is 3.93. The van der Waals surface area contributed by atoms with Crippen molar-refractivity contribution in [3.8, 4) is 17.2 Å². The first-order valence-corrected chi connectivity index (χ1v) is 7.62. The first-order valence-electron chi connectivity index (χ1n) is 7.62. The first kappa shape index (κ1) is 14.9. The van der Waals surface area contributed by atoms with Gasteiger partial charge in [0.2, 0.25) is 0 Å². The number of para-hydroxylation sites is 1. The molecule has 3 aromatic carbocycles. The molecule has 0 spiro atoms. The van der Waals surface area contributed by atoms with Gasteiger partial charge in [-0.05, 0) is 34.9 Å². The summed E-state index contributed by atoms with van der Waals surface area (Å²) in [6.07, 6.45) is 0. The Labute approximate surface area is 137 Å². The lowest BCUT2D eigenvalue weighted by Crippen LogP contribution is -2.15. The van der Waals surface area contributed by atoms with Gasteiger partial charge in [-0.15, -0.1) is 0 Å². The largest absolute Gasteiger partial charge is 0.370 e. The summed E-state index contributed by atoms with van der Waals surface area (Å²) in [5, 5.41) is 9.22. The highest BCUT2D eigenvalue weighted by atomic mass is 15.1. The van der Waals surface area contributed by atoms with Crippen LogP contribution in [0.1, 0.15) is 11.1 Å². The molecule has 0 saturated carbocycles. The number of nitriles is 1. The lowest BCUT2D eigenvalue weighted by molar-refractivity contribution is 0.923. The summed E-state index contributed by atoms with van der Waals surface area (Å²) in [6.45, 7) is 0.851. The minimum absolute atomic E-state index is 0.710. The van der Waals surface area contributed by atoms with E-state index in [9.17, 15) is 5.26 Å². The van der Waals surface area contributed by atoms with Crippen molar-refractivity contribution < 1.29 is 0 Å². The van der Waals surface area contributed by atoms with Crippen LogP contribution < -0.4 is 4.90 Å². The van der Waals surface area contributed by atoms with Crippen molar-refractivity contribution in [1.29, 1.82) is 5.26 Å². The highest BCUT2D eigenvalue weighted by Crippen LogP contribution is 2.24. The standard InChI is InChI=1S/C21H18N2/c1-23(20-8-3-2-4-9-20)16-17-11-13-18(14-12-17)21-10-6-5-7-19(21)15-22/h2-14H,16H2,1H3. The Morgan fingerprint density at radius 3 is 2.17 bits per heavy atom. The van der Waals surface area contributed by atoms with E-state index >= 15 is 0 Å². The Morgan fingerprint density at radius 1 is 0.826 bits per heavy atom. The van der Waals surface area contributed by atoms with Gasteiger partial charge in [-0.1, -0.05) is 60.7 Å². The van der Waals surface area contributed by atoms with E-state index in [1.807, 2.05) is 42.5 Å². The maximum Gasteiger partial charge on any atom is 0.0998 e. The van der Waals surface area contributed by atoms with Crippen molar-refractivity contribution in [2.75, 3.05) is 11.9 Å². The Balaban J connectivity index is 1.79. The smallest absolute Gasteiger partial charge is 0.0998 e. The molecule has 0 heterocycles. The van der Waals surface area contributed by atoms with Crippen molar-refractivity contribution in [3.05, 3.63) is 90.0 Å². The van der Waals surface area contributed by atoms with E-state index < -0.39 is 0 Å². The number of benzene rings is 3. The van der Waals surface area contributed by atoms with Crippen LogP contribution in [0, 0.1) is 11.3 Å². The van der Waals surface area contributed by atoms with Gasteiger partial charge >= 0.3 is 0 Å². The zero-order valence-electron chi connectivity index (χ0n) is 13.1. The van der Waals surface area contributed by atoms with Gasteiger partial charge in [-0.2, -0.15) is 5.26 Å². The molecule has 0 N–H and O–H groups in total. The minimum atomic E-state index is 0.710. The van der Waals surface area contributed by atoms with Crippen LogP contribution in [0.15, 0.2) is 78.9 Å². The zero-order chi connectivity index (χ0) is 16.1.